The normalized spacial score (nSPS) is 10.3. The molecule has 1 aromatic heterocycles. The highest BCUT2D eigenvalue weighted by molar-refractivity contribution is 9.10. The van der Waals surface area contributed by atoms with E-state index in [1.165, 1.54) is 10.6 Å². The van der Waals surface area contributed by atoms with E-state index < -0.39 is 0 Å². The number of carbonyl (C=O) groups excluding carboxylic acids is 1. The molecule has 0 atom stereocenters. The zero-order valence-corrected chi connectivity index (χ0v) is 12.7. The zero-order valence-electron chi connectivity index (χ0n) is 11.1. The van der Waals surface area contributed by atoms with Gasteiger partial charge in [-0.25, -0.2) is 0 Å². The first-order valence-electron chi connectivity index (χ1n) is 6.33. The van der Waals surface area contributed by atoms with Crippen LogP contribution in [0, 0.1) is 0 Å². The van der Waals surface area contributed by atoms with Gasteiger partial charge < -0.3 is 9.47 Å². The summed E-state index contributed by atoms with van der Waals surface area (Å²) < 4.78 is 2.17. The molecule has 0 aliphatic carbocycles. The van der Waals surface area contributed by atoms with Crippen LogP contribution in [0.4, 0.5) is 5.69 Å². The molecule has 104 valence electrons. The van der Waals surface area contributed by atoms with Crippen molar-refractivity contribution >= 4 is 27.5 Å². The lowest BCUT2D eigenvalue weighted by atomic mass is 10.3. The van der Waals surface area contributed by atoms with Crippen molar-refractivity contribution in [2.45, 2.75) is 13.5 Å². The third-order valence-corrected chi connectivity index (χ3v) is 3.41. The topological polar surface area (TPSA) is 42.3 Å². The second-order valence-electron chi connectivity index (χ2n) is 4.29. The fraction of sp³-hybridized carbons (Fsp3) is 0.200. The lowest BCUT2D eigenvalue weighted by molar-refractivity contribution is -0.119. The fourth-order valence-electron chi connectivity index (χ4n) is 1.97. The Kier molecular flexibility index (Phi) is 4.74. The number of likely N-dealkylation sites (N-methyl/N-ethyl adjacent to an activating group) is 1. The summed E-state index contributed by atoms with van der Waals surface area (Å²) in [7, 11) is 0. The van der Waals surface area contributed by atoms with E-state index in [0.717, 1.165) is 10.2 Å². The van der Waals surface area contributed by atoms with Crippen molar-refractivity contribution in [3.8, 4) is 0 Å². The maximum absolute atomic E-state index is 12.4. The summed E-state index contributed by atoms with van der Waals surface area (Å²) in [5, 5.41) is 0. The highest BCUT2D eigenvalue weighted by Crippen LogP contribution is 2.13. The van der Waals surface area contributed by atoms with Gasteiger partial charge in [-0.15, -0.1) is 0 Å². The Labute approximate surface area is 125 Å². The monoisotopic (exact) mass is 334 g/mol. The first kappa shape index (κ1) is 14.5. The van der Waals surface area contributed by atoms with Crippen LogP contribution >= 0.6 is 15.9 Å². The van der Waals surface area contributed by atoms with E-state index in [1.54, 1.807) is 17.2 Å². The molecule has 2 rings (SSSR count). The van der Waals surface area contributed by atoms with Crippen LogP contribution in [0.2, 0.25) is 0 Å². The number of rotatable bonds is 4. The average Bonchev–Trinajstić information content (AvgIpc) is 2.45. The van der Waals surface area contributed by atoms with Crippen LogP contribution in [0.15, 0.2) is 57.9 Å². The minimum atomic E-state index is -0.189. The molecule has 0 spiro atoms. The number of hydrogen-bond donors (Lipinski definition) is 0. The third kappa shape index (κ3) is 3.36. The van der Waals surface area contributed by atoms with Gasteiger partial charge in [0.05, 0.1) is 0 Å². The van der Waals surface area contributed by atoms with Crippen molar-refractivity contribution in [3.63, 3.8) is 0 Å². The first-order valence-corrected chi connectivity index (χ1v) is 7.12. The highest BCUT2D eigenvalue weighted by atomic mass is 79.9. The van der Waals surface area contributed by atoms with E-state index in [4.69, 9.17) is 0 Å². The van der Waals surface area contributed by atoms with Crippen LogP contribution < -0.4 is 10.5 Å². The van der Waals surface area contributed by atoms with E-state index in [-0.39, 0.29) is 18.0 Å². The Morgan fingerprint density at radius 1 is 1.20 bits per heavy atom. The molecule has 1 heterocycles. The maximum atomic E-state index is 12.4. The number of para-hydroxylation sites is 1. The summed E-state index contributed by atoms with van der Waals surface area (Å²) in [5.74, 6) is -0.112. The van der Waals surface area contributed by atoms with Gasteiger partial charge in [0.15, 0.2) is 0 Å². The predicted octanol–water partition coefficient (Wildman–Crippen LogP) is 2.66. The number of halogens is 1. The summed E-state index contributed by atoms with van der Waals surface area (Å²) in [6, 6.07) is 12.5. The summed E-state index contributed by atoms with van der Waals surface area (Å²) in [5.41, 5.74) is 0.647. The molecule has 5 heteroatoms. The third-order valence-electron chi connectivity index (χ3n) is 2.94. The van der Waals surface area contributed by atoms with Gasteiger partial charge in [-0.05, 0) is 41.1 Å². The molecule has 4 nitrogen and oxygen atoms in total. The van der Waals surface area contributed by atoms with Crippen molar-refractivity contribution in [1.82, 2.24) is 4.57 Å². The molecule has 1 aromatic carbocycles. The number of carbonyl (C=O) groups is 1. The van der Waals surface area contributed by atoms with E-state index >= 15 is 0 Å². The second-order valence-corrected chi connectivity index (χ2v) is 5.20. The van der Waals surface area contributed by atoms with Crippen LogP contribution in [0.1, 0.15) is 6.92 Å². The predicted molar refractivity (Wildman–Crippen MR) is 82.9 cm³/mol. The van der Waals surface area contributed by atoms with E-state index in [1.807, 2.05) is 37.3 Å². The van der Waals surface area contributed by atoms with Crippen LogP contribution in [0.5, 0.6) is 0 Å². The van der Waals surface area contributed by atoms with Crippen LogP contribution in [-0.2, 0) is 11.3 Å². The molecule has 1 amide bonds. The number of benzene rings is 1. The molecule has 0 saturated heterocycles. The maximum Gasteiger partial charge on any atom is 0.251 e. The molecule has 0 saturated carbocycles. The minimum absolute atomic E-state index is 0.0288. The summed E-state index contributed by atoms with van der Waals surface area (Å²) in [6.45, 7) is 2.50. The van der Waals surface area contributed by atoms with Crippen molar-refractivity contribution in [2.75, 3.05) is 11.4 Å². The SMILES string of the molecule is CCN(C(=O)Cn1cc(Br)ccc1=O)c1ccccc1. The van der Waals surface area contributed by atoms with Crippen molar-refractivity contribution < 1.29 is 4.79 Å². The smallest absolute Gasteiger partial charge is 0.251 e. The first-order chi connectivity index (χ1) is 9.61. The van der Waals surface area contributed by atoms with Gasteiger partial charge in [0.25, 0.3) is 5.56 Å². The lowest BCUT2D eigenvalue weighted by Crippen LogP contribution is -2.36. The van der Waals surface area contributed by atoms with Gasteiger partial charge >= 0.3 is 0 Å². The van der Waals surface area contributed by atoms with Crippen molar-refractivity contribution in [1.29, 1.82) is 0 Å². The zero-order chi connectivity index (χ0) is 14.5. The Hall–Kier alpha value is -1.88. The Balaban J connectivity index is 2.22. The number of aromatic nitrogens is 1. The molecular formula is C15H15BrN2O2. The number of hydrogen-bond acceptors (Lipinski definition) is 2. The minimum Gasteiger partial charge on any atom is -0.311 e. The molecule has 0 N–H and O–H groups in total. The molecule has 0 fully saturated rings. The van der Waals surface area contributed by atoms with Crippen LogP contribution in [0.3, 0.4) is 0 Å². The number of pyridine rings is 1. The second kappa shape index (κ2) is 6.52. The van der Waals surface area contributed by atoms with E-state index in [9.17, 15) is 9.59 Å². The van der Waals surface area contributed by atoms with E-state index in [0.29, 0.717) is 6.54 Å². The molecule has 20 heavy (non-hydrogen) atoms. The summed E-state index contributed by atoms with van der Waals surface area (Å²) >= 11 is 3.30. The Bertz CT molecular complexity index is 652. The molecule has 0 aliphatic rings. The molecular weight excluding hydrogens is 320 g/mol. The highest BCUT2D eigenvalue weighted by Gasteiger charge is 2.14. The molecule has 0 radical (unpaired) electrons. The largest absolute Gasteiger partial charge is 0.311 e. The van der Waals surface area contributed by atoms with Gasteiger partial charge in [-0.1, -0.05) is 18.2 Å². The number of nitrogens with zero attached hydrogens (tertiary/aromatic N) is 2. The average molecular weight is 335 g/mol. The Morgan fingerprint density at radius 2 is 1.90 bits per heavy atom. The molecule has 0 aliphatic heterocycles. The van der Waals surface area contributed by atoms with Crippen LogP contribution in [-0.4, -0.2) is 17.0 Å². The van der Waals surface area contributed by atoms with Crippen molar-refractivity contribution in [3.05, 3.63) is 63.5 Å². The van der Waals surface area contributed by atoms with Crippen LogP contribution in [0.25, 0.3) is 0 Å². The number of anilines is 1. The lowest BCUT2D eigenvalue weighted by Gasteiger charge is -2.21. The number of amides is 1. The summed E-state index contributed by atoms with van der Waals surface area (Å²) in [4.78, 5) is 25.7. The molecule has 0 unspecified atom stereocenters. The fourth-order valence-corrected chi connectivity index (χ4v) is 2.35. The van der Waals surface area contributed by atoms with Gasteiger partial charge in [-0.2, -0.15) is 0 Å². The van der Waals surface area contributed by atoms with Gasteiger partial charge in [-0.3, -0.25) is 9.59 Å². The summed E-state index contributed by atoms with van der Waals surface area (Å²) in [6.07, 6.45) is 1.62. The van der Waals surface area contributed by atoms with Gasteiger partial charge in [0.2, 0.25) is 5.91 Å². The van der Waals surface area contributed by atoms with E-state index in [2.05, 4.69) is 15.9 Å². The van der Waals surface area contributed by atoms with Crippen molar-refractivity contribution in [2.24, 2.45) is 0 Å². The molecule has 0 bridgehead atoms. The quantitative estimate of drug-likeness (QED) is 0.862. The molecule has 2 aromatic rings. The standard InChI is InChI=1S/C15H15BrN2O2/c1-2-18(13-6-4-3-5-7-13)15(20)11-17-10-12(16)8-9-14(17)19/h3-10H,2,11H2,1H3. The van der Waals surface area contributed by atoms with Gasteiger partial charge in [0.1, 0.15) is 6.54 Å². The Morgan fingerprint density at radius 3 is 2.55 bits per heavy atom. The van der Waals surface area contributed by atoms with Gasteiger partial charge in [0, 0.05) is 29.0 Å².